The van der Waals surface area contributed by atoms with Gasteiger partial charge >= 0.3 is 0 Å². The number of para-hydroxylation sites is 1. The fourth-order valence-corrected chi connectivity index (χ4v) is 5.52. The number of benzene rings is 2. The van der Waals surface area contributed by atoms with E-state index >= 15 is 0 Å². The van der Waals surface area contributed by atoms with Gasteiger partial charge in [0.15, 0.2) is 5.78 Å². The van der Waals surface area contributed by atoms with Crippen LogP contribution in [0.1, 0.15) is 61.6 Å². The molecule has 11 heteroatoms. The highest BCUT2D eigenvalue weighted by Gasteiger charge is 2.34. The van der Waals surface area contributed by atoms with Crippen LogP contribution in [0.3, 0.4) is 0 Å². The molecule has 3 aromatic rings. The van der Waals surface area contributed by atoms with Gasteiger partial charge in [-0.15, -0.1) is 0 Å². The van der Waals surface area contributed by atoms with Gasteiger partial charge in [-0.1, -0.05) is 32.0 Å². The van der Waals surface area contributed by atoms with E-state index in [2.05, 4.69) is 10.6 Å². The molecule has 4 N–H and O–H groups in total. The quantitative estimate of drug-likeness (QED) is 0.276. The van der Waals surface area contributed by atoms with Gasteiger partial charge in [0, 0.05) is 17.8 Å². The zero-order chi connectivity index (χ0) is 31.1. The number of nitrogens with one attached hydrogen (secondary N) is 2. The minimum atomic E-state index is -1.06. The molecule has 2 aromatic carbocycles. The summed E-state index contributed by atoms with van der Waals surface area (Å²) in [5, 5.41) is 15.7. The smallest absolute Gasteiger partial charge is 0.265 e. The number of Topliss-reactive ketones (excluding diaryl/α,β-unsaturated/α-hetero) is 1. The lowest BCUT2D eigenvalue weighted by molar-refractivity contribution is -0.133. The van der Waals surface area contributed by atoms with Crippen LogP contribution >= 0.6 is 0 Å². The molecule has 0 bridgehead atoms. The Kier molecular flexibility index (Phi) is 10.0. The van der Waals surface area contributed by atoms with Gasteiger partial charge in [-0.2, -0.15) is 5.26 Å². The number of carbonyl (C=O) groups is 4. The first-order valence-corrected chi connectivity index (χ1v) is 14.3. The molecule has 0 unspecified atom stereocenters. The molecule has 4 rings (SSSR count). The van der Waals surface area contributed by atoms with Gasteiger partial charge in [0.1, 0.15) is 35.9 Å². The van der Waals surface area contributed by atoms with E-state index in [1.807, 2.05) is 19.9 Å². The van der Waals surface area contributed by atoms with Gasteiger partial charge in [0.05, 0.1) is 24.2 Å². The molecular formula is C32H37N5O6. The molecule has 1 fully saturated rings. The molecule has 3 atom stereocenters. The van der Waals surface area contributed by atoms with Crippen molar-refractivity contribution in [3.63, 3.8) is 0 Å². The summed E-state index contributed by atoms with van der Waals surface area (Å²) < 4.78 is 12.8. The van der Waals surface area contributed by atoms with Crippen LogP contribution in [0.5, 0.6) is 11.5 Å². The summed E-state index contributed by atoms with van der Waals surface area (Å²) >= 11 is 0. The van der Waals surface area contributed by atoms with Crippen molar-refractivity contribution in [2.75, 3.05) is 20.3 Å². The molecule has 11 nitrogen and oxygen atoms in total. The first kappa shape index (κ1) is 31.1. The first-order chi connectivity index (χ1) is 20.6. The number of hydrogen-bond donors (Lipinski definition) is 3. The molecule has 1 aromatic heterocycles. The number of amides is 3. The summed E-state index contributed by atoms with van der Waals surface area (Å²) in [5.74, 6) is -1.51. The molecule has 2 heterocycles. The van der Waals surface area contributed by atoms with E-state index in [4.69, 9.17) is 15.2 Å². The average Bonchev–Trinajstić information content (AvgIpc) is 3.39. The monoisotopic (exact) mass is 587 g/mol. The van der Waals surface area contributed by atoms with E-state index in [0.29, 0.717) is 36.0 Å². The lowest BCUT2D eigenvalue weighted by Crippen LogP contribution is -2.49. The molecule has 0 spiro atoms. The Hall–Kier alpha value is -4.85. The number of ketones is 1. The van der Waals surface area contributed by atoms with Crippen LogP contribution in [-0.2, 0) is 14.4 Å². The number of piperidine rings is 1. The van der Waals surface area contributed by atoms with Gasteiger partial charge in [-0.3, -0.25) is 19.2 Å². The zero-order valence-corrected chi connectivity index (χ0v) is 24.6. The van der Waals surface area contributed by atoms with Gasteiger partial charge in [0.25, 0.3) is 5.91 Å². The van der Waals surface area contributed by atoms with E-state index in [-0.39, 0.29) is 35.3 Å². The third-order valence-electron chi connectivity index (χ3n) is 7.63. The minimum Gasteiger partial charge on any atom is -0.496 e. The van der Waals surface area contributed by atoms with Gasteiger partial charge < -0.3 is 30.4 Å². The number of aromatic nitrogens is 1. The highest BCUT2D eigenvalue weighted by atomic mass is 16.5. The number of rotatable bonds is 13. The Bertz CT molecular complexity index is 1560. The number of nitriles is 1. The lowest BCUT2D eigenvalue weighted by atomic mass is 9.90. The van der Waals surface area contributed by atoms with E-state index in [1.54, 1.807) is 53.1 Å². The molecular weight excluding hydrogens is 550 g/mol. The van der Waals surface area contributed by atoms with Crippen molar-refractivity contribution in [3.8, 4) is 17.6 Å². The van der Waals surface area contributed by atoms with Crippen LogP contribution in [0.2, 0.25) is 0 Å². The van der Waals surface area contributed by atoms with Crippen LogP contribution in [-0.4, -0.2) is 54.4 Å². The molecule has 1 saturated heterocycles. The van der Waals surface area contributed by atoms with Gasteiger partial charge in [0.2, 0.25) is 11.8 Å². The van der Waals surface area contributed by atoms with Crippen molar-refractivity contribution in [1.82, 2.24) is 15.2 Å². The number of nitrogens with two attached hydrogens (primary N) is 1. The van der Waals surface area contributed by atoms with Gasteiger partial charge in [-0.25, -0.2) is 0 Å². The zero-order valence-electron chi connectivity index (χ0n) is 24.6. The Morgan fingerprint density at radius 2 is 1.91 bits per heavy atom. The maximum Gasteiger partial charge on any atom is 0.265 e. The standard InChI is InChI=1S/C32H37N5O6/c1-19(2)14-26(37-24-10-6-12-29(42-3)22(24)16-25(37)30(34)39)32(41)36-23(15-20-9-7-13-35-31(20)40)27(38)18-43-28-11-5-4-8-21(28)17-33/h4-6,8,10-12,16,19-20,23,26H,7,9,13-15,18H2,1-3H3,(H2,34,39)(H,35,40)(H,36,41)/t20-,23-,26-/m0/s1. The first-order valence-electron chi connectivity index (χ1n) is 14.3. The number of hydrogen-bond acceptors (Lipinski definition) is 7. The number of methoxy groups -OCH3 is 1. The minimum absolute atomic E-state index is 0.0311. The van der Waals surface area contributed by atoms with Crippen molar-refractivity contribution in [3.05, 3.63) is 59.8 Å². The third kappa shape index (κ3) is 7.15. The Morgan fingerprint density at radius 3 is 2.58 bits per heavy atom. The highest BCUT2D eigenvalue weighted by molar-refractivity contribution is 6.01. The summed E-state index contributed by atoms with van der Waals surface area (Å²) in [5.41, 5.74) is 6.76. The van der Waals surface area contributed by atoms with E-state index < -0.39 is 42.2 Å². The number of primary amides is 1. The van der Waals surface area contributed by atoms with Crippen molar-refractivity contribution >= 4 is 34.4 Å². The largest absolute Gasteiger partial charge is 0.496 e. The topological polar surface area (TPSA) is 166 Å². The van der Waals surface area contributed by atoms with E-state index in [0.717, 1.165) is 6.42 Å². The Labute approximate surface area is 250 Å². The van der Waals surface area contributed by atoms with Gasteiger partial charge in [-0.05, 0) is 61.9 Å². The molecule has 1 aliphatic rings. The second kappa shape index (κ2) is 13.9. The second-order valence-electron chi connectivity index (χ2n) is 11.1. The summed E-state index contributed by atoms with van der Waals surface area (Å²) in [6.07, 6.45) is 1.75. The van der Waals surface area contributed by atoms with Crippen molar-refractivity contribution in [2.45, 2.75) is 51.6 Å². The average molecular weight is 588 g/mol. The van der Waals surface area contributed by atoms with Crippen molar-refractivity contribution < 1.29 is 28.7 Å². The molecule has 1 aliphatic heterocycles. The van der Waals surface area contributed by atoms with E-state index in [1.165, 1.54) is 7.11 Å². The summed E-state index contributed by atoms with van der Waals surface area (Å²) in [6, 6.07) is 13.5. The maximum absolute atomic E-state index is 14.1. The van der Waals surface area contributed by atoms with Crippen molar-refractivity contribution in [2.24, 2.45) is 17.6 Å². The molecule has 43 heavy (non-hydrogen) atoms. The van der Waals surface area contributed by atoms with Crippen LogP contribution in [0.15, 0.2) is 48.5 Å². The summed E-state index contributed by atoms with van der Waals surface area (Å²) in [6.45, 7) is 4.05. The lowest BCUT2D eigenvalue weighted by Gasteiger charge is -2.29. The normalized spacial score (nSPS) is 16.2. The van der Waals surface area contributed by atoms with Crippen LogP contribution in [0.25, 0.3) is 10.9 Å². The predicted octanol–water partition coefficient (Wildman–Crippen LogP) is 3.26. The second-order valence-corrected chi connectivity index (χ2v) is 11.1. The predicted molar refractivity (Wildman–Crippen MR) is 159 cm³/mol. The summed E-state index contributed by atoms with van der Waals surface area (Å²) in [7, 11) is 1.52. The van der Waals surface area contributed by atoms with Crippen LogP contribution in [0.4, 0.5) is 0 Å². The molecule has 3 amide bonds. The maximum atomic E-state index is 14.1. The Balaban J connectivity index is 1.68. The van der Waals surface area contributed by atoms with E-state index in [9.17, 15) is 24.4 Å². The molecule has 226 valence electrons. The SMILES string of the molecule is COc1cccc2c1cc(C(N)=O)n2[C@@H](CC(C)C)C(=O)N[C@@H](C[C@@H]1CCCNC1=O)C(=O)COc1ccccc1C#N. The number of ether oxygens (including phenoxy) is 2. The number of nitrogens with zero attached hydrogens (tertiary/aromatic N) is 2. The molecule has 0 radical (unpaired) electrons. The van der Waals surface area contributed by atoms with Crippen LogP contribution in [0, 0.1) is 23.2 Å². The van der Waals surface area contributed by atoms with Crippen molar-refractivity contribution in [1.29, 1.82) is 5.26 Å². The molecule has 0 saturated carbocycles. The number of fused-ring (bicyclic) bond motifs is 1. The molecule has 0 aliphatic carbocycles. The third-order valence-corrected chi connectivity index (χ3v) is 7.63. The fourth-order valence-electron chi connectivity index (χ4n) is 5.52. The highest BCUT2D eigenvalue weighted by Crippen LogP contribution is 2.33. The number of carbonyl (C=O) groups excluding carboxylic acids is 4. The van der Waals surface area contributed by atoms with Crippen LogP contribution < -0.4 is 25.8 Å². The fraction of sp³-hybridized carbons (Fsp3) is 0.406. The Morgan fingerprint density at radius 1 is 1.16 bits per heavy atom. The summed E-state index contributed by atoms with van der Waals surface area (Å²) in [4.78, 5) is 52.9.